The number of carbonyl (C=O) groups excluding carboxylic acids is 1. The monoisotopic (exact) mass is 320 g/mol. The Labute approximate surface area is 126 Å². The van der Waals surface area contributed by atoms with E-state index in [2.05, 4.69) is 5.32 Å². The van der Waals surface area contributed by atoms with Gasteiger partial charge in [0.25, 0.3) is 0 Å². The lowest BCUT2D eigenvalue weighted by Gasteiger charge is -2.34. The first kappa shape index (κ1) is 16.1. The van der Waals surface area contributed by atoms with Crippen molar-refractivity contribution in [1.29, 1.82) is 0 Å². The summed E-state index contributed by atoms with van der Waals surface area (Å²) in [5.41, 5.74) is -1.000. The molecule has 1 N–H and O–H groups in total. The maximum atomic E-state index is 13.1. The van der Waals surface area contributed by atoms with E-state index in [-0.39, 0.29) is 23.2 Å². The fourth-order valence-corrected chi connectivity index (χ4v) is 2.69. The summed E-state index contributed by atoms with van der Waals surface area (Å²) in [4.78, 5) is 13.5. The van der Waals surface area contributed by atoms with Gasteiger partial charge in [-0.15, -0.1) is 0 Å². The molecular formula is C14H16ClF3N2O. The van der Waals surface area contributed by atoms with Gasteiger partial charge in [-0.1, -0.05) is 18.5 Å². The number of nitrogens with one attached hydrogen (secondary N) is 1. The maximum absolute atomic E-state index is 13.1. The molecule has 1 aromatic carbocycles. The van der Waals surface area contributed by atoms with Crippen molar-refractivity contribution in [1.82, 2.24) is 5.32 Å². The fraction of sp³-hybridized carbons (Fsp3) is 0.500. The second-order valence-electron chi connectivity index (χ2n) is 4.90. The zero-order valence-electron chi connectivity index (χ0n) is 11.5. The number of carbonyl (C=O) groups is 1. The Bertz CT molecular complexity index is 531. The minimum atomic E-state index is -4.55. The van der Waals surface area contributed by atoms with E-state index in [0.717, 1.165) is 6.07 Å². The number of halogens is 4. The predicted molar refractivity (Wildman–Crippen MR) is 75.5 cm³/mol. The highest BCUT2D eigenvalue weighted by molar-refractivity contribution is 6.30. The van der Waals surface area contributed by atoms with E-state index in [1.165, 1.54) is 17.0 Å². The Kier molecular flexibility index (Phi) is 4.78. The summed E-state index contributed by atoms with van der Waals surface area (Å²) in [7, 11) is 0. The van der Waals surface area contributed by atoms with Crippen LogP contribution in [0.1, 0.15) is 25.3 Å². The van der Waals surface area contributed by atoms with Crippen LogP contribution >= 0.6 is 11.6 Å². The molecule has 0 bridgehead atoms. The molecular weight excluding hydrogens is 305 g/mol. The maximum Gasteiger partial charge on any atom is 0.418 e. The first-order valence-corrected chi connectivity index (χ1v) is 7.14. The molecule has 1 aliphatic rings. The molecule has 1 unspecified atom stereocenters. The van der Waals surface area contributed by atoms with Crippen molar-refractivity contribution in [2.24, 2.45) is 0 Å². The van der Waals surface area contributed by atoms with E-state index in [4.69, 9.17) is 11.6 Å². The van der Waals surface area contributed by atoms with Gasteiger partial charge in [0.2, 0.25) is 5.91 Å². The molecule has 2 rings (SSSR count). The van der Waals surface area contributed by atoms with E-state index < -0.39 is 17.8 Å². The van der Waals surface area contributed by atoms with Crippen LogP contribution in [0.3, 0.4) is 0 Å². The molecule has 3 nitrogen and oxygen atoms in total. The van der Waals surface area contributed by atoms with Gasteiger partial charge in [0.05, 0.1) is 17.3 Å². The number of benzene rings is 1. The van der Waals surface area contributed by atoms with Gasteiger partial charge in [-0.3, -0.25) is 4.79 Å². The molecule has 116 valence electrons. The molecule has 7 heteroatoms. The van der Waals surface area contributed by atoms with Crippen molar-refractivity contribution < 1.29 is 18.0 Å². The highest BCUT2D eigenvalue weighted by atomic mass is 35.5. The number of alkyl halides is 3. The van der Waals surface area contributed by atoms with Crippen molar-refractivity contribution in [2.75, 3.05) is 18.0 Å². The van der Waals surface area contributed by atoms with E-state index in [0.29, 0.717) is 19.4 Å². The third-order valence-corrected chi connectivity index (χ3v) is 3.68. The van der Waals surface area contributed by atoms with Crippen LogP contribution in [0.25, 0.3) is 0 Å². The third kappa shape index (κ3) is 3.49. The fourth-order valence-electron chi connectivity index (χ4n) is 2.52. The van der Waals surface area contributed by atoms with Crippen molar-refractivity contribution in [3.05, 3.63) is 28.8 Å². The van der Waals surface area contributed by atoms with Gasteiger partial charge < -0.3 is 10.2 Å². The SMILES string of the molecule is CCNC1CCCN(c2ccc(Cl)cc2C(F)(F)F)C1=O. The topological polar surface area (TPSA) is 32.3 Å². The second kappa shape index (κ2) is 6.23. The average molecular weight is 321 g/mol. The summed E-state index contributed by atoms with van der Waals surface area (Å²) >= 11 is 5.66. The zero-order chi connectivity index (χ0) is 15.6. The molecule has 1 saturated heterocycles. The van der Waals surface area contributed by atoms with Crippen molar-refractivity contribution >= 4 is 23.2 Å². The molecule has 1 aliphatic heterocycles. The lowest BCUT2D eigenvalue weighted by atomic mass is 10.0. The molecule has 1 fully saturated rings. The van der Waals surface area contributed by atoms with E-state index in [1.54, 1.807) is 0 Å². The standard InChI is InChI=1S/C14H16ClF3N2O/c1-2-19-11-4-3-7-20(13(11)21)12-6-5-9(15)8-10(12)14(16,17)18/h5-6,8,11,19H,2-4,7H2,1H3. The highest BCUT2D eigenvalue weighted by Crippen LogP contribution is 2.39. The predicted octanol–water partition coefficient (Wildman–Crippen LogP) is 3.46. The molecule has 1 aromatic rings. The third-order valence-electron chi connectivity index (χ3n) is 3.44. The van der Waals surface area contributed by atoms with Crippen molar-refractivity contribution in [2.45, 2.75) is 32.0 Å². The number of amides is 1. The van der Waals surface area contributed by atoms with E-state index >= 15 is 0 Å². The number of likely N-dealkylation sites (N-methyl/N-ethyl adjacent to an activating group) is 1. The molecule has 21 heavy (non-hydrogen) atoms. The Hall–Kier alpha value is -1.27. The minimum Gasteiger partial charge on any atom is -0.310 e. The van der Waals surface area contributed by atoms with E-state index in [9.17, 15) is 18.0 Å². The molecule has 0 radical (unpaired) electrons. The summed E-state index contributed by atoms with van der Waals surface area (Å²) in [6, 6.07) is 3.06. The van der Waals surface area contributed by atoms with Gasteiger partial charge in [0.1, 0.15) is 0 Å². The Balaban J connectivity index is 2.39. The molecule has 0 aromatic heterocycles. The largest absolute Gasteiger partial charge is 0.418 e. The smallest absolute Gasteiger partial charge is 0.310 e. The lowest BCUT2D eigenvalue weighted by molar-refractivity contribution is -0.137. The van der Waals surface area contributed by atoms with Gasteiger partial charge in [0, 0.05) is 11.6 Å². The average Bonchev–Trinajstić information content (AvgIpc) is 2.41. The van der Waals surface area contributed by atoms with Crippen LogP contribution < -0.4 is 10.2 Å². The van der Waals surface area contributed by atoms with E-state index in [1.807, 2.05) is 6.92 Å². The lowest BCUT2D eigenvalue weighted by Crippen LogP contribution is -2.51. The van der Waals surface area contributed by atoms with Crippen LogP contribution in [-0.2, 0) is 11.0 Å². The number of rotatable bonds is 3. The van der Waals surface area contributed by atoms with Crippen LogP contribution in [0.2, 0.25) is 5.02 Å². The quantitative estimate of drug-likeness (QED) is 0.925. The normalized spacial score (nSPS) is 20.0. The van der Waals surface area contributed by atoms with Crippen LogP contribution in [0.15, 0.2) is 18.2 Å². The zero-order valence-corrected chi connectivity index (χ0v) is 12.3. The van der Waals surface area contributed by atoms with Gasteiger partial charge in [-0.2, -0.15) is 13.2 Å². The Morgan fingerprint density at radius 1 is 1.43 bits per heavy atom. The molecule has 0 saturated carbocycles. The van der Waals surface area contributed by atoms with Crippen LogP contribution in [-0.4, -0.2) is 25.0 Å². The molecule has 1 heterocycles. The molecule has 0 aliphatic carbocycles. The molecule has 1 amide bonds. The minimum absolute atomic E-state index is 0.00114. The summed E-state index contributed by atoms with van der Waals surface area (Å²) in [5, 5.41) is 3.00. The molecule has 0 spiro atoms. The van der Waals surface area contributed by atoms with Crippen LogP contribution in [0, 0.1) is 0 Å². The van der Waals surface area contributed by atoms with Crippen molar-refractivity contribution in [3.63, 3.8) is 0 Å². The number of piperidine rings is 1. The second-order valence-corrected chi connectivity index (χ2v) is 5.34. The van der Waals surface area contributed by atoms with Gasteiger partial charge in [0.15, 0.2) is 0 Å². The van der Waals surface area contributed by atoms with Gasteiger partial charge >= 0.3 is 6.18 Å². The van der Waals surface area contributed by atoms with Gasteiger partial charge in [-0.25, -0.2) is 0 Å². The van der Waals surface area contributed by atoms with Crippen molar-refractivity contribution in [3.8, 4) is 0 Å². The summed E-state index contributed by atoms with van der Waals surface area (Å²) in [6.45, 7) is 2.73. The molecule has 1 atom stereocenters. The van der Waals surface area contributed by atoms with Crippen LogP contribution in [0.5, 0.6) is 0 Å². The van der Waals surface area contributed by atoms with Crippen LogP contribution in [0.4, 0.5) is 18.9 Å². The van der Waals surface area contributed by atoms with Gasteiger partial charge in [-0.05, 0) is 37.6 Å². The number of nitrogens with zero attached hydrogens (tertiary/aromatic N) is 1. The number of anilines is 1. The Morgan fingerprint density at radius 3 is 2.76 bits per heavy atom. The number of hydrogen-bond acceptors (Lipinski definition) is 2. The summed E-state index contributed by atoms with van der Waals surface area (Å²) in [6.07, 6.45) is -3.26. The Morgan fingerprint density at radius 2 is 2.14 bits per heavy atom. The highest BCUT2D eigenvalue weighted by Gasteiger charge is 2.38. The first-order valence-electron chi connectivity index (χ1n) is 6.76. The first-order chi connectivity index (χ1) is 9.84. The summed E-state index contributed by atoms with van der Waals surface area (Å²) in [5.74, 6) is -0.323. The number of hydrogen-bond donors (Lipinski definition) is 1. The summed E-state index contributed by atoms with van der Waals surface area (Å²) < 4.78 is 39.4.